The molecule has 0 aliphatic heterocycles. The van der Waals surface area contributed by atoms with Crippen molar-refractivity contribution in [1.29, 1.82) is 0 Å². The third-order valence-electron chi connectivity index (χ3n) is 2.74. The summed E-state index contributed by atoms with van der Waals surface area (Å²) in [4.78, 5) is 0. The SMILES string of the molecule is CC[S][Sn]([CH2]C)([S]CC)[c]1ccoc1C(C)N. The zero-order valence-corrected chi connectivity index (χ0v) is 15.6. The molecule has 17 heavy (non-hydrogen) atoms. The molecular formula is C12H23NOS2Sn. The van der Waals surface area contributed by atoms with Crippen LogP contribution in [0.25, 0.3) is 0 Å². The van der Waals surface area contributed by atoms with Crippen molar-refractivity contribution in [3.05, 3.63) is 18.1 Å². The molecular weight excluding hydrogens is 357 g/mol. The molecule has 98 valence electrons. The Morgan fingerprint density at radius 1 is 1.29 bits per heavy atom. The maximum atomic E-state index is 6.02. The Labute approximate surface area is 114 Å². The Hall–Kier alpha value is 0.739. The van der Waals surface area contributed by atoms with Gasteiger partial charge in [-0.2, -0.15) is 0 Å². The molecule has 0 bridgehead atoms. The van der Waals surface area contributed by atoms with Crippen molar-refractivity contribution in [2.45, 2.75) is 38.2 Å². The number of hydrogen-bond acceptors (Lipinski definition) is 4. The quantitative estimate of drug-likeness (QED) is 0.736. The van der Waals surface area contributed by atoms with E-state index in [0.29, 0.717) is 0 Å². The van der Waals surface area contributed by atoms with Crippen LogP contribution in [-0.2, 0) is 0 Å². The first-order chi connectivity index (χ1) is 8.11. The van der Waals surface area contributed by atoms with Gasteiger partial charge in [0.25, 0.3) is 0 Å². The van der Waals surface area contributed by atoms with Crippen molar-refractivity contribution < 1.29 is 4.42 Å². The van der Waals surface area contributed by atoms with Crippen LogP contribution >= 0.6 is 17.9 Å². The molecule has 1 heterocycles. The van der Waals surface area contributed by atoms with Crippen LogP contribution in [0.4, 0.5) is 0 Å². The minimum absolute atomic E-state index is 0.0116. The second kappa shape index (κ2) is 7.36. The average Bonchev–Trinajstić information content (AvgIpc) is 2.78. The van der Waals surface area contributed by atoms with E-state index in [2.05, 4.69) is 44.7 Å². The fourth-order valence-corrected chi connectivity index (χ4v) is 31.2. The maximum absolute atomic E-state index is 6.02. The minimum atomic E-state index is -2.38. The number of furan rings is 1. The molecule has 0 fully saturated rings. The van der Waals surface area contributed by atoms with Crippen LogP contribution in [0.3, 0.4) is 0 Å². The molecule has 1 aromatic rings. The van der Waals surface area contributed by atoms with Gasteiger partial charge in [-0.15, -0.1) is 0 Å². The summed E-state index contributed by atoms with van der Waals surface area (Å²) in [6.45, 7) is 8.86. The van der Waals surface area contributed by atoms with Gasteiger partial charge in [-0.3, -0.25) is 0 Å². The molecule has 0 saturated heterocycles. The third-order valence-corrected chi connectivity index (χ3v) is 34.9. The summed E-state index contributed by atoms with van der Waals surface area (Å²) >= 11 is -2.38. The Bertz CT molecular complexity index is 335. The van der Waals surface area contributed by atoms with Crippen molar-refractivity contribution in [3.8, 4) is 0 Å². The third kappa shape index (κ3) is 3.61. The van der Waals surface area contributed by atoms with Gasteiger partial charge < -0.3 is 0 Å². The van der Waals surface area contributed by atoms with E-state index in [9.17, 15) is 0 Å². The predicted octanol–water partition coefficient (Wildman–Crippen LogP) is 3.47. The molecule has 0 amide bonds. The van der Waals surface area contributed by atoms with E-state index in [1.807, 2.05) is 13.2 Å². The first-order valence-corrected chi connectivity index (χ1v) is 18.6. The monoisotopic (exact) mass is 381 g/mol. The van der Waals surface area contributed by atoms with Gasteiger partial charge in [0.15, 0.2) is 0 Å². The topological polar surface area (TPSA) is 39.2 Å². The van der Waals surface area contributed by atoms with Crippen molar-refractivity contribution in [1.82, 2.24) is 0 Å². The first kappa shape index (κ1) is 15.8. The van der Waals surface area contributed by atoms with Crippen LogP contribution in [-0.4, -0.2) is 27.1 Å². The van der Waals surface area contributed by atoms with Crippen molar-refractivity contribution in [2.75, 3.05) is 11.5 Å². The van der Waals surface area contributed by atoms with Crippen LogP contribution in [0, 0.1) is 0 Å². The Morgan fingerprint density at radius 2 is 1.88 bits per heavy atom. The van der Waals surface area contributed by atoms with Crippen molar-refractivity contribution in [3.63, 3.8) is 0 Å². The summed E-state index contributed by atoms with van der Waals surface area (Å²) in [5.74, 6) is 3.42. The van der Waals surface area contributed by atoms with Gasteiger partial charge in [-0.05, 0) is 0 Å². The van der Waals surface area contributed by atoms with E-state index in [1.54, 1.807) is 0 Å². The zero-order chi connectivity index (χ0) is 12.9. The van der Waals surface area contributed by atoms with Crippen LogP contribution in [0.2, 0.25) is 4.44 Å². The fourth-order valence-electron chi connectivity index (χ4n) is 2.05. The van der Waals surface area contributed by atoms with Crippen molar-refractivity contribution >= 4 is 37.1 Å². The van der Waals surface area contributed by atoms with E-state index in [0.717, 1.165) is 5.76 Å². The van der Waals surface area contributed by atoms with Gasteiger partial charge in [0.2, 0.25) is 0 Å². The molecule has 0 aliphatic carbocycles. The molecule has 0 saturated carbocycles. The van der Waals surface area contributed by atoms with Crippen LogP contribution in [0.5, 0.6) is 0 Å². The van der Waals surface area contributed by atoms with Crippen molar-refractivity contribution in [2.24, 2.45) is 5.73 Å². The fraction of sp³-hybridized carbons (Fsp3) is 0.667. The molecule has 1 atom stereocenters. The summed E-state index contributed by atoms with van der Waals surface area (Å²) in [6.07, 6.45) is 1.82. The molecule has 0 aliphatic rings. The van der Waals surface area contributed by atoms with Crippen LogP contribution in [0.15, 0.2) is 16.7 Å². The summed E-state index contributed by atoms with van der Waals surface area (Å²) in [5, 5.41) is 0. The molecule has 1 unspecified atom stereocenters. The van der Waals surface area contributed by atoms with Gasteiger partial charge in [-0.25, -0.2) is 0 Å². The summed E-state index contributed by atoms with van der Waals surface area (Å²) < 4.78 is 8.41. The standard InChI is InChI=1S/C6H8NO.2C2H6S.C2H5.Sn/c1-5(7)6-3-2-4-8-6;2*1-2-3;1-2;/h2,4-5H,7H2,1H3;2*3H,2H2,1H3;1H2,2H3;/q;;;;+2/p-2. The van der Waals surface area contributed by atoms with E-state index >= 15 is 0 Å². The molecule has 2 nitrogen and oxygen atoms in total. The normalized spacial score (nSPS) is 13.9. The van der Waals surface area contributed by atoms with Gasteiger partial charge in [0.05, 0.1) is 0 Å². The van der Waals surface area contributed by atoms with E-state index in [4.69, 9.17) is 10.2 Å². The molecule has 0 spiro atoms. The van der Waals surface area contributed by atoms with Crippen LogP contribution in [0.1, 0.15) is 39.5 Å². The van der Waals surface area contributed by atoms with E-state index in [1.165, 1.54) is 19.5 Å². The number of nitrogens with two attached hydrogens (primary N) is 1. The number of hydrogen-bond donors (Lipinski definition) is 1. The molecule has 5 heteroatoms. The first-order valence-electron chi connectivity index (χ1n) is 6.22. The van der Waals surface area contributed by atoms with Crippen LogP contribution < -0.4 is 9.31 Å². The average molecular weight is 380 g/mol. The zero-order valence-electron chi connectivity index (χ0n) is 11.2. The Morgan fingerprint density at radius 3 is 2.29 bits per heavy atom. The molecule has 0 radical (unpaired) electrons. The van der Waals surface area contributed by atoms with E-state index in [-0.39, 0.29) is 6.04 Å². The van der Waals surface area contributed by atoms with E-state index < -0.39 is 15.6 Å². The van der Waals surface area contributed by atoms with Gasteiger partial charge in [-0.1, -0.05) is 0 Å². The van der Waals surface area contributed by atoms with Gasteiger partial charge in [0.1, 0.15) is 0 Å². The molecule has 2 N–H and O–H groups in total. The Balaban J connectivity index is 3.15. The predicted molar refractivity (Wildman–Crippen MR) is 83.4 cm³/mol. The van der Waals surface area contributed by atoms with Gasteiger partial charge in [0, 0.05) is 0 Å². The van der Waals surface area contributed by atoms with Gasteiger partial charge >= 0.3 is 115 Å². The number of rotatable bonds is 7. The summed E-state index contributed by atoms with van der Waals surface area (Å²) in [5.41, 5.74) is 6.02. The molecule has 0 aromatic carbocycles. The summed E-state index contributed by atoms with van der Waals surface area (Å²) in [7, 11) is 4.39. The second-order valence-corrected chi connectivity index (χ2v) is 29.6. The molecule has 1 aromatic heterocycles. The Kier molecular flexibility index (Phi) is 6.84. The summed E-state index contributed by atoms with van der Waals surface area (Å²) in [6, 6.07) is 2.20. The second-order valence-electron chi connectivity index (χ2n) is 3.96. The molecule has 1 rings (SSSR count).